The second kappa shape index (κ2) is 7.85. The molecule has 0 saturated carbocycles. The van der Waals surface area contributed by atoms with Crippen molar-refractivity contribution in [2.75, 3.05) is 0 Å². The second-order valence-corrected chi connectivity index (χ2v) is 1.50. The molecule has 0 unspecified atom stereocenters. The van der Waals surface area contributed by atoms with E-state index in [9.17, 15) is 4.79 Å². The Kier molecular flexibility index (Phi) is 11.4. The first-order valence-corrected chi connectivity index (χ1v) is 2.49. The summed E-state index contributed by atoms with van der Waals surface area (Å²) in [7, 11) is 0. The van der Waals surface area contributed by atoms with Crippen molar-refractivity contribution in [2.45, 2.75) is 26.2 Å². The Balaban J connectivity index is 0. The number of aliphatic carboxylic acids is 1. The Hall–Kier alpha value is 0.847. The number of rotatable bonds is 3. The number of carboxylic acids is 1. The summed E-state index contributed by atoms with van der Waals surface area (Å²) < 4.78 is 0. The van der Waals surface area contributed by atoms with Crippen LogP contribution in [0, 0.1) is 41.7 Å². The third-order valence-corrected chi connectivity index (χ3v) is 0.744. The van der Waals surface area contributed by atoms with Crippen LogP contribution < -0.4 is 0 Å². The maximum Gasteiger partial charge on any atom is 0.303 e. The largest absolute Gasteiger partial charge is 0.481 e. The summed E-state index contributed by atoms with van der Waals surface area (Å²) in [6, 6.07) is 0. The summed E-state index contributed by atoms with van der Waals surface area (Å²) in [6.45, 7) is 1.98. The van der Waals surface area contributed by atoms with Gasteiger partial charge in [-0.15, -0.1) is 0 Å². The summed E-state index contributed by atoms with van der Waals surface area (Å²) in [4.78, 5) is 9.76. The van der Waals surface area contributed by atoms with Crippen molar-refractivity contribution in [1.82, 2.24) is 0 Å². The number of carbonyl (C=O) groups is 1. The van der Waals surface area contributed by atoms with E-state index in [0.717, 1.165) is 12.8 Å². The zero-order valence-electron chi connectivity index (χ0n) is 4.98. The van der Waals surface area contributed by atoms with Gasteiger partial charge in [-0.3, -0.25) is 4.79 Å². The molecule has 0 heterocycles. The molecule has 0 amide bonds. The molecule has 0 aliphatic heterocycles. The number of hydrogen-bond donors (Lipinski definition) is 1. The van der Waals surface area contributed by atoms with Crippen molar-refractivity contribution in [3.05, 3.63) is 0 Å². The van der Waals surface area contributed by atoms with Crippen LogP contribution in [0.5, 0.6) is 0 Å². The standard InChI is InChI=1S/C5H10O2.Ce/c1-2-3-4-5(6)7;/h2-4H2,1H3,(H,6,7);. The molecule has 0 aliphatic carbocycles. The Morgan fingerprint density at radius 3 is 2.25 bits per heavy atom. The minimum atomic E-state index is -0.693. The molecular formula is C5H10CeO2. The fourth-order valence-electron chi connectivity index (χ4n) is 0.328. The normalized spacial score (nSPS) is 7.62. The van der Waals surface area contributed by atoms with Crippen molar-refractivity contribution >= 4 is 5.97 Å². The Morgan fingerprint density at radius 2 is 2.12 bits per heavy atom. The van der Waals surface area contributed by atoms with Crippen molar-refractivity contribution in [3.8, 4) is 0 Å². The van der Waals surface area contributed by atoms with Gasteiger partial charge in [0.05, 0.1) is 0 Å². The Labute approximate surface area is 83.0 Å². The average Bonchev–Trinajstić information content (AvgIpc) is 1.61. The smallest absolute Gasteiger partial charge is 0.303 e. The van der Waals surface area contributed by atoms with E-state index in [0.29, 0.717) is 6.42 Å². The topological polar surface area (TPSA) is 37.3 Å². The fourth-order valence-corrected chi connectivity index (χ4v) is 0.328. The van der Waals surface area contributed by atoms with Crippen LogP contribution in [-0.4, -0.2) is 11.1 Å². The van der Waals surface area contributed by atoms with E-state index in [2.05, 4.69) is 0 Å². The molecule has 8 heavy (non-hydrogen) atoms. The molecule has 0 spiro atoms. The zero-order chi connectivity index (χ0) is 5.70. The Morgan fingerprint density at radius 1 is 1.62 bits per heavy atom. The van der Waals surface area contributed by atoms with E-state index in [1.807, 2.05) is 6.92 Å². The minimum absolute atomic E-state index is 0. The van der Waals surface area contributed by atoms with Crippen LogP contribution in [0.4, 0.5) is 0 Å². The first kappa shape index (κ1) is 11.6. The van der Waals surface area contributed by atoms with Gasteiger partial charge in [-0.25, -0.2) is 0 Å². The van der Waals surface area contributed by atoms with Gasteiger partial charge in [-0.1, -0.05) is 13.3 Å². The predicted octanol–water partition coefficient (Wildman–Crippen LogP) is 1.26. The van der Waals surface area contributed by atoms with Gasteiger partial charge in [0.15, 0.2) is 0 Å². The summed E-state index contributed by atoms with van der Waals surface area (Å²) in [5, 5.41) is 8.04. The van der Waals surface area contributed by atoms with E-state index in [4.69, 9.17) is 5.11 Å². The number of hydrogen-bond acceptors (Lipinski definition) is 1. The van der Waals surface area contributed by atoms with Crippen molar-refractivity contribution in [1.29, 1.82) is 0 Å². The molecule has 0 atom stereocenters. The van der Waals surface area contributed by atoms with Gasteiger partial charge in [-0.05, 0) is 6.42 Å². The maximum absolute atomic E-state index is 9.76. The maximum atomic E-state index is 9.76. The Bertz CT molecular complexity index is 63.4. The van der Waals surface area contributed by atoms with Gasteiger partial charge in [-0.2, -0.15) is 0 Å². The van der Waals surface area contributed by atoms with Crippen LogP contribution in [0.1, 0.15) is 26.2 Å². The fraction of sp³-hybridized carbons (Fsp3) is 0.800. The zero-order valence-corrected chi connectivity index (χ0v) is 8.12. The number of carboxylic acid groups (broad SMARTS) is 1. The first-order chi connectivity index (χ1) is 3.27. The SMILES string of the molecule is CCCCC(=O)O.[Ce]. The molecule has 1 N–H and O–H groups in total. The van der Waals surface area contributed by atoms with Gasteiger partial charge in [0, 0.05) is 48.2 Å². The molecule has 0 radical (unpaired) electrons. The molecule has 0 saturated heterocycles. The molecule has 46 valence electrons. The summed E-state index contributed by atoms with van der Waals surface area (Å²) in [6.07, 6.45) is 2.08. The average molecular weight is 242 g/mol. The summed E-state index contributed by atoms with van der Waals surface area (Å²) in [5.41, 5.74) is 0. The van der Waals surface area contributed by atoms with E-state index in [1.165, 1.54) is 0 Å². The van der Waals surface area contributed by atoms with Crippen molar-refractivity contribution in [2.24, 2.45) is 0 Å². The van der Waals surface area contributed by atoms with Crippen LogP contribution in [0.3, 0.4) is 0 Å². The molecule has 0 aromatic rings. The molecular weight excluding hydrogens is 232 g/mol. The van der Waals surface area contributed by atoms with Gasteiger partial charge < -0.3 is 5.11 Å². The van der Waals surface area contributed by atoms with Gasteiger partial charge in [0.1, 0.15) is 0 Å². The number of unbranched alkanes of at least 4 members (excludes halogenated alkanes) is 1. The monoisotopic (exact) mass is 242 g/mol. The second-order valence-electron chi connectivity index (χ2n) is 1.50. The molecule has 0 aromatic heterocycles. The van der Waals surface area contributed by atoms with E-state index in [1.54, 1.807) is 0 Å². The van der Waals surface area contributed by atoms with Crippen LogP contribution in [0.15, 0.2) is 0 Å². The third-order valence-electron chi connectivity index (χ3n) is 0.744. The molecule has 3 heteroatoms. The van der Waals surface area contributed by atoms with Crippen LogP contribution in [0.2, 0.25) is 0 Å². The van der Waals surface area contributed by atoms with Gasteiger partial charge in [0.2, 0.25) is 0 Å². The molecule has 0 rings (SSSR count). The third kappa shape index (κ3) is 9.96. The van der Waals surface area contributed by atoms with Crippen LogP contribution in [0.25, 0.3) is 0 Å². The molecule has 0 aromatic carbocycles. The minimum Gasteiger partial charge on any atom is -0.481 e. The van der Waals surface area contributed by atoms with Crippen LogP contribution in [-0.2, 0) is 4.79 Å². The summed E-state index contributed by atoms with van der Waals surface area (Å²) in [5.74, 6) is -0.693. The summed E-state index contributed by atoms with van der Waals surface area (Å²) >= 11 is 0. The molecule has 2 nitrogen and oxygen atoms in total. The van der Waals surface area contributed by atoms with Gasteiger partial charge >= 0.3 is 5.97 Å². The van der Waals surface area contributed by atoms with Crippen LogP contribution >= 0.6 is 0 Å². The first-order valence-electron chi connectivity index (χ1n) is 2.49. The molecule has 0 fully saturated rings. The predicted molar refractivity (Wildman–Crippen MR) is 27.2 cm³/mol. The van der Waals surface area contributed by atoms with Crippen molar-refractivity contribution in [3.63, 3.8) is 0 Å². The van der Waals surface area contributed by atoms with Crippen molar-refractivity contribution < 1.29 is 51.6 Å². The van der Waals surface area contributed by atoms with E-state index < -0.39 is 5.97 Å². The van der Waals surface area contributed by atoms with E-state index >= 15 is 0 Å². The molecule has 0 bridgehead atoms. The van der Waals surface area contributed by atoms with Gasteiger partial charge in [0.25, 0.3) is 0 Å². The molecule has 0 aliphatic rings. The quantitative estimate of drug-likeness (QED) is 0.809. The van der Waals surface area contributed by atoms with E-state index in [-0.39, 0.29) is 41.7 Å².